The van der Waals surface area contributed by atoms with Crippen LogP contribution in [-0.4, -0.2) is 20.5 Å². The Bertz CT molecular complexity index is 569. The first kappa shape index (κ1) is 16.9. The number of sulfonamides is 1. The van der Waals surface area contributed by atoms with Crippen LogP contribution in [0.1, 0.15) is 56.4 Å². The Morgan fingerprint density at radius 3 is 2.57 bits per heavy atom. The second kappa shape index (κ2) is 6.77. The van der Waals surface area contributed by atoms with Gasteiger partial charge in [-0.3, -0.25) is 0 Å². The predicted molar refractivity (Wildman–Crippen MR) is 88.2 cm³/mol. The van der Waals surface area contributed by atoms with E-state index < -0.39 is 10.0 Å². The Morgan fingerprint density at radius 2 is 2.05 bits per heavy atom. The van der Waals surface area contributed by atoms with Gasteiger partial charge in [0, 0.05) is 17.0 Å². The minimum absolute atomic E-state index is 0.207. The molecule has 0 amide bonds. The molecule has 1 saturated carbocycles. The standard InChI is InChI=1S/C15H26N2O2S2/c1-4-9-16-10-13-14(12(3)11-20-13)21(18,19)17-15(5-2)7-6-8-15/h11,16-17H,4-10H2,1-3H3. The molecule has 1 aliphatic rings. The van der Waals surface area contributed by atoms with Crippen molar-refractivity contribution in [3.05, 3.63) is 15.8 Å². The van der Waals surface area contributed by atoms with Crippen LogP contribution in [0.3, 0.4) is 0 Å². The Balaban J connectivity index is 2.21. The van der Waals surface area contributed by atoms with Crippen molar-refractivity contribution in [2.75, 3.05) is 6.54 Å². The maximum Gasteiger partial charge on any atom is 0.242 e. The molecular weight excluding hydrogens is 304 g/mol. The van der Waals surface area contributed by atoms with Crippen molar-refractivity contribution in [3.8, 4) is 0 Å². The molecule has 0 unspecified atom stereocenters. The summed E-state index contributed by atoms with van der Waals surface area (Å²) in [5.41, 5.74) is 0.646. The Hall–Kier alpha value is -0.430. The van der Waals surface area contributed by atoms with E-state index in [9.17, 15) is 8.42 Å². The van der Waals surface area contributed by atoms with Gasteiger partial charge >= 0.3 is 0 Å². The molecule has 21 heavy (non-hydrogen) atoms. The van der Waals surface area contributed by atoms with E-state index in [0.717, 1.165) is 49.1 Å². The normalized spacial score (nSPS) is 17.7. The van der Waals surface area contributed by atoms with Gasteiger partial charge < -0.3 is 5.32 Å². The average Bonchev–Trinajstić information content (AvgIpc) is 2.76. The van der Waals surface area contributed by atoms with Gasteiger partial charge in [-0.1, -0.05) is 13.8 Å². The van der Waals surface area contributed by atoms with E-state index in [-0.39, 0.29) is 5.54 Å². The largest absolute Gasteiger partial charge is 0.312 e. The van der Waals surface area contributed by atoms with E-state index in [1.165, 1.54) is 11.3 Å². The highest BCUT2D eigenvalue weighted by Crippen LogP contribution is 2.37. The average molecular weight is 331 g/mol. The van der Waals surface area contributed by atoms with Crippen LogP contribution < -0.4 is 10.0 Å². The minimum Gasteiger partial charge on any atom is -0.312 e. The maximum atomic E-state index is 12.8. The van der Waals surface area contributed by atoms with Crippen molar-refractivity contribution < 1.29 is 8.42 Å². The predicted octanol–water partition coefficient (Wildman–Crippen LogP) is 3.17. The fourth-order valence-corrected chi connectivity index (χ4v) is 6.13. The number of hydrogen-bond acceptors (Lipinski definition) is 4. The second-order valence-corrected chi connectivity index (χ2v) is 8.52. The fourth-order valence-electron chi connectivity index (χ4n) is 2.82. The molecule has 120 valence electrons. The van der Waals surface area contributed by atoms with Gasteiger partial charge in [-0.15, -0.1) is 11.3 Å². The quantitative estimate of drug-likeness (QED) is 0.720. The number of hydrogen-bond donors (Lipinski definition) is 2. The molecule has 4 nitrogen and oxygen atoms in total. The summed E-state index contributed by atoms with van der Waals surface area (Å²) in [6, 6.07) is 0. The highest BCUT2D eigenvalue weighted by atomic mass is 32.2. The van der Waals surface area contributed by atoms with Crippen molar-refractivity contribution in [2.24, 2.45) is 0 Å². The summed E-state index contributed by atoms with van der Waals surface area (Å²) in [7, 11) is -3.43. The number of thiophene rings is 1. The molecule has 0 radical (unpaired) electrons. The molecule has 0 aliphatic heterocycles. The number of rotatable bonds is 8. The van der Waals surface area contributed by atoms with Crippen molar-refractivity contribution in [3.63, 3.8) is 0 Å². The molecule has 1 aromatic rings. The lowest BCUT2D eigenvalue weighted by Crippen LogP contribution is -2.52. The van der Waals surface area contributed by atoms with E-state index in [4.69, 9.17) is 0 Å². The third-order valence-corrected chi connectivity index (χ3v) is 7.35. The molecule has 0 aromatic carbocycles. The maximum absolute atomic E-state index is 12.8. The molecule has 2 rings (SSSR count). The smallest absolute Gasteiger partial charge is 0.242 e. The minimum atomic E-state index is -3.43. The van der Waals surface area contributed by atoms with Gasteiger partial charge in [0.15, 0.2) is 0 Å². The molecule has 6 heteroatoms. The third-order valence-electron chi connectivity index (χ3n) is 4.31. The summed E-state index contributed by atoms with van der Waals surface area (Å²) < 4.78 is 28.6. The SMILES string of the molecule is CCCNCc1scc(C)c1S(=O)(=O)NC1(CC)CCC1. The highest BCUT2D eigenvalue weighted by Gasteiger charge is 2.40. The van der Waals surface area contributed by atoms with E-state index in [2.05, 4.69) is 23.9 Å². The Morgan fingerprint density at radius 1 is 1.33 bits per heavy atom. The monoisotopic (exact) mass is 330 g/mol. The van der Waals surface area contributed by atoms with Gasteiger partial charge in [0.05, 0.1) is 0 Å². The molecule has 1 fully saturated rings. The van der Waals surface area contributed by atoms with E-state index in [1.807, 2.05) is 12.3 Å². The molecule has 1 aliphatic carbocycles. The van der Waals surface area contributed by atoms with Crippen molar-refractivity contribution >= 4 is 21.4 Å². The Kier molecular flexibility index (Phi) is 5.46. The van der Waals surface area contributed by atoms with Crippen LogP contribution in [0.4, 0.5) is 0 Å². The van der Waals surface area contributed by atoms with Crippen LogP contribution in [0.15, 0.2) is 10.3 Å². The van der Waals surface area contributed by atoms with Gasteiger partial charge in [-0.2, -0.15) is 0 Å². The zero-order chi connectivity index (χ0) is 15.5. The van der Waals surface area contributed by atoms with E-state index in [0.29, 0.717) is 11.4 Å². The lowest BCUT2D eigenvalue weighted by molar-refractivity contribution is 0.214. The van der Waals surface area contributed by atoms with Crippen LogP contribution in [0.25, 0.3) is 0 Å². The van der Waals surface area contributed by atoms with Crippen LogP contribution >= 0.6 is 11.3 Å². The van der Waals surface area contributed by atoms with Gasteiger partial charge in [0.25, 0.3) is 0 Å². The molecular formula is C15H26N2O2S2. The Labute approximate surface area is 132 Å². The first-order valence-corrected chi connectivity index (χ1v) is 10.1. The lowest BCUT2D eigenvalue weighted by atomic mass is 9.76. The molecule has 1 aromatic heterocycles. The van der Waals surface area contributed by atoms with Crippen LogP contribution in [-0.2, 0) is 16.6 Å². The molecule has 1 heterocycles. The molecule has 2 N–H and O–H groups in total. The number of nitrogens with one attached hydrogen (secondary N) is 2. The number of aryl methyl sites for hydroxylation is 1. The van der Waals surface area contributed by atoms with Gasteiger partial charge in [-0.25, -0.2) is 13.1 Å². The van der Waals surface area contributed by atoms with Crippen molar-refractivity contribution in [1.82, 2.24) is 10.0 Å². The van der Waals surface area contributed by atoms with Gasteiger partial charge in [0.1, 0.15) is 4.90 Å². The van der Waals surface area contributed by atoms with Crippen LogP contribution in [0.5, 0.6) is 0 Å². The molecule has 0 spiro atoms. The summed E-state index contributed by atoms with van der Waals surface area (Å²) >= 11 is 1.53. The first-order valence-electron chi connectivity index (χ1n) is 7.76. The molecule has 0 atom stereocenters. The van der Waals surface area contributed by atoms with Crippen LogP contribution in [0, 0.1) is 6.92 Å². The highest BCUT2D eigenvalue weighted by molar-refractivity contribution is 7.89. The van der Waals surface area contributed by atoms with Crippen molar-refractivity contribution in [2.45, 2.75) is 69.9 Å². The molecule has 0 bridgehead atoms. The summed E-state index contributed by atoms with van der Waals surface area (Å²) in [5, 5.41) is 5.24. The van der Waals surface area contributed by atoms with E-state index >= 15 is 0 Å². The topological polar surface area (TPSA) is 58.2 Å². The summed E-state index contributed by atoms with van der Waals surface area (Å²) in [6.45, 7) is 7.58. The molecule has 0 saturated heterocycles. The zero-order valence-electron chi connectivity index (χ0n) is 13.2. The summed E-state index contributed by atoms with van der Waals surface area (Å²) in [5.74, 6) is 0. The lowest BCUT2D eigenvalue weighted by Gasteiger charge is -2.41. The second-order valence-electron chi connectivity index (χ2n) is 5.94. The third kappa shape index (κ3) is 3.67. The summed E-state index contributed by atoms with van der Waals surface area (Å²) in [4.78, 5) is 1.41. The van der Waals surface area contributed by atoms with Crippen LogP contribution in [0.2, 0.25) is 0 Å². The summed E-state index contributed by atoms with van der Waals surface area (Å²) in [6.07, 6.45) is 4.93. The van der Waals surface area contributed by atoms with Crippen molar-refractivity contribution in [1.29, 1.82) is 0 Å². The first-order chi connectivity index (χ1) is 9.94. The fraction of sp³-hybridized carbons (Fsp3) is 0.733. The van der Waals surface area contributed by atoms with E-state index in [1.54, 1.807) is 0 Å². The van der Waals surface area contributed by atoms with Gasteiger partial charge in [0.2, 0.25) is 10.0 Å². The van der Waals surface area contributed by atoms with Gasteiger partial charge in [-0.05, 0) is 56.5 Å². The zero-order valence-corrected chi connectivity index (χ0v) is 14.8.